The topological polar surface area (TPSA) is 88.7 Å². The molecular weight excluding hydrogens is 298 g/mol. The minimum Gasteiger partial charge on any atom is -0.422 e. The maximum absolute atomic E-state index is 12.1. The summed E-state index contributed by atoms with van der Waals surface area (Å²) in [5, 5.41) is 18.1. The van der Waals surface area contributed by atoms with Crippen LogP contribution >= 0.6 is 0 Å². The van der Waals surface area contributed by atoms with Crippen molar-refractivity contribution in [2.24, 2.45) is 5.92 Å². The van der Waals surface area contributed by atoms with Crippen molar-refractivity contribution in [1.29, 1.82) is 0 Å². The van der Waals surface area contributed by atoms with Gasteiger partial charge in [-0.2, -0.15) is 0 Å². The predicted octanol–water partition coefficient (Wildman–Crippen LogP) is 1.47. The third-order valence-electron chi connectivity index (χ3n) is 4.59. The second-order valence-electron chi connectivity index (χ2n) is 7.23. The molecule has 1 amide bonds. The number of aliphatic hydroxyl groups is 1. The number of carbonyl (C=O) groups is 1. The Hall–Kier alpha value is -1.47. The van der Waals surface area contributed by atoms with Crippen LogP contribution in [0, 0.1) is 5.92 Å². The van der Waals surface area contributed by atoms with E-state index in [2.05, 4.69) is 10.2 Å². The van der Waals surface area contributed by atoms with Gasteiger partial charge < -0.3 is 19.2 Å². The van der Waals surface area contributed by atoms with Crippen LogP contribution in [-0.4, -0.2) is 50.9 Å². The van der Waals surface area contributed by atoms with Gasteiger partial charge in [0.25, 0.3) is 0 Å². The maximum atomic E-state index is 12.1. The number of nitrogens with zero attached hydrogens (tertiary/aromatic N) is 3. The maximum Gasteiger partial charge on any atom is 0.242 e. The van der Waals surface area contributed by atoms with Gasteiger partial charge in [-0.3, -0.25) is 4.79 Å². The van der Waals surface area contributed by atoms with E-state index in [1.54, 1.807) is 11.8 Å². The van der Waals surface area contributed by atoms with E-state index < -0.39 is 5.60 Å². The van der Waals surface area contributed by atoms with E-state index in [0.29, 0.717) is 24.9 Å². The molecule has 1 aliphatic carbocycles. The molecule has 1 unspecified atom stereocenters. The second-order valence-corrected chi connectivity index (χ2v) is 7.23. The number of amides is 1. The quantitative estimate of drug-likeness (QED) is 0.817. The van der Waals surface area contributed by atoms with E-state index in [1.165, 1.54) is 0 Å². The molecule has 3 rings (SSSR count). The number of likely N-dealkylation sites (tertiary alicyclic amines) is 1. The summed E-state index contributed by atoms with van der Waals surface area (Å²) in [5.74, 6) is 1.56. The Balaban J connectivity index is 1.38. The molecule has 1 N–H and O–H groups in total. The third kappa shape index (κ3) is 3.90. The Labute approximate surface area is 136 Å². The van der Waals surface area contributed by atoms with E-state index in [-0.39, 0.29) is 36.9 Å². The molecule has 0 spiro atoms. The molecule has 0 bridgehead atoms. The van der Waals surface area contributed by atoms with Gasteiger partial charge in [0, 0.05) is 19.0 Å². The Morgan fingerprint density at radius 1 is 1.43 bits per heavy atom. The van der Waals surface area contributed by atoms with Gasteiger partial charge in [0.15, 0.2) is 0 Å². The van der Waals surface area contributed by atoms with Crippen LogP contribution in [0.3, 0.4) is 0 Å². The first-order valence-corrected chi connectivity index (χ1v) is 8.29. The smallest absolute Gasteiger partial charge is 0.242 e. The van der Waals surface area contributed by atoms with Crippen molar-refractivity contribution < 1.29 is 19.1 Å². The van der Waals surface area contributed by atoms with Crippen molar-refractivity contribution >= 4 is 5.91 Å². The molecular formula is C16H25N3O4. The van der Waals surface area contributed by atoms with E-state index in [9.17, 15) is 9.90 Å². The standard InChI is InChI=1S/C16H25N3O4/c1-10(2)15-18-17-13(23-15)9-22-12-7-19(8-12)14(20)6-16(3,21)11-4-5-11/h10-12,21H,4-9H2,1-3H3. The number of hydrogen-bond donors (Lipinski definition) is 1. The highest BCUT2D eigenvalue weighted by Gasteiger charge is 2.43. The van der Waals surface area contributed by atoms with Gasteiger partial charge in [0.05, 0.1) is 18.1 Å². The molecule has 2 aliphatic rings. The Morgan fingerprint density at radius 2 is 2.13 bits per heavy atom. The normalized spacial score (nSPS) is 21.3. The van der Waals surface area contributed by atoms with Crippen molar-refractivity contribution in [1.82, 2.24) is 15.1 Å². The van der Waals surface area contributed by atoms with Crippen LogP contribution in [0.2, 0.25) is 0 Å². The summed E-state index contributed by atoms with van der Waals surface area (Å²) in [4.78, 5) is 13.9. The van der Waals surface area contributed by atoms with Gasteiger partial charge in [-0.15, -0.1) is 10.2 Å². The van der Waals surface area contributed by atoms with Crippen LogP contribution in [0.5, 0.6) is 0 Å². The van der Waals surface area contributed by atoms with Crippen LogP contribution in [0.15, 0.2) is 4.42 Å². The fourth-order valence-corrected chi connectivity index (χ4v) is 2.76. The van der Waals surface area contributed by atoms with Crippen molar-refractivity contribution in [2.75, 3.05) is 13.1 Å². The largest absolute Gasteiger partial charge is 0.422 e. The Morgan fingerprint density at radius 3 is 2.70 bits per heavy atom. The molecule has 1 atom stereocenters. The van der Waals surface area contributed by atoms with Crippen LogP contribution in [-0.2, 0) is 16.1 Å². The summed E-state index contributed by atoms with van der Waals surface area (Å²) in [6.07, 6.45) is 2.24. The summed E-state index contributed by atoms with van der Waals surface area (Å²) in [5.41, 5.74) is -0.861. The molecule has 0 aromatic carbocycles. The molecule has 7 heteroatoms. The minimum absolute atomic E-state index is 0.000719. The van der Waals surface area contributed by atoms with Gasteiger partial charge in [-0.25, -0.2) is 0 Å². The summed E-state index contributed by atoms with van der Waals surface area (Å²) in [6, 6.07) is 0. The van der Waals surface area contributed by atoms with Crippen LogP contribution in [0.25, 0.3) is 0 Å². The summed E-state index contributed by atoms with van der Waals surface area (Å²) in [6.45, 7) is 7.13. The monoisotopic (exact) mass is 323 g/mol. The molecule has 1 aliphatic heterocycles. The highest BCUT2D eigenvalue weighted by Crippen LogP contribution is 2.41. The van der Waals surface area contributed by atoms with Crippen LogP contribution in [0.1, 0.15) is 57.7 Å². The predicted molar refractivity (Wildman–Crippen MR) is 81.5 cm³/mol. The van der Waals surface area contributed by atoms with Gasteiger partial charge in [0.2, 0.25) is 17.7 Å². The Bertz CT molecular complexity index is 559. The average Bonchev–Trinajstić information content (AvgIpc) is 3.17. The van der Waals surface area contributed by atoms with E-state index in [0.717, 1.165) is 12.8 Å². The minimum atomic E-state index is -0.861. The van der Waals surface area contributed by atoms with Gasteiger partial charge in [-0.05, 0) is 25.7 Å². The number of aromatic nitrogens is 2. The number of ether oxygens (including phenoxy) is 1. The Kier molecular flexibility index (Phi) is 4.42. The SMILES string of the molecule is CC(C)c1nnc(COC2CN(C(=O)CC(C)(O)C3CC3)C2)o1. The van der Waals surface area contributed by atoms with Crippen molar-refractivity contribution in [2.45, 2.75) is 64.3 Å². The van der Waals surface area contributed by atoms with Gasteiger partial charge >= 0.3 is 0 Å². The lowest BCUT2D eigenvalue weighted by molar-refractivity contribution is -0.151. The molecule has 1 aromatic heterocycles. The third-order valence-corrected chi connectivity index (χ3v) is 4.59. The lowest BCUT2D eigenvalue weighted by Gasteiger charge is -2.40. The molecule has 1 saturated heterocycles. The first-order valence-electron chi connectivity index (χ1n) is 8.29. The van der Waals surface area contributed by atoms with Crippen molar-refractivity contribution in [3.8, 4) is 0 Å². The van der Waals surface area contributed by atoms with Crippen molar-refractivity contribution in [3.05, 3.63) is 11.8 Å². The molecule has 1 saturated carbocycles. The molecule has 2 heterocycles. The molecule has 128 valence electrons. The second kappa shape index (κ2) is 6.20. The number of hydrogen-bond acceptors (Lipinski definition) is 6. The summed E-state index contributed by atoms with van der Waals surface area (Å²) in [7, 11) is 0. The summed E-state index contributed by atoms with van der Waals surface area (Å²) < 4.78 is 11.2. The zero-order valence-electron chi connectivity index (χ0n) is 14.0. The van der Waals surface area contributed by atoms with Crippen LogP contribution < -0.4 is 0 Å². The number of rotatable bonds is 7. The van der Waals surface area contributed by atoms with Gasteiger partial charge in [-0.1, -0.05) is 13.8 Å². The highest BCUT2D eigenvalue weighted by atomic mass is 16.5. The molecule has 7 nitrogen and oxygen atoms in total. The average molecular weight is 323 g/mol. The lowest BCUT2D eigenvalue weighted by atomic mass is 9.94. The van der Waals surface area contributed by atoms with Gasteiger partial charge in [0.1, 0.15) is 6.61 Å². The highest BCUT2D eigenvalue weighted by molar-refractivity contribution is 5.78. The first kappa shape index (κ1) is 16.4. The zero-order chi connectivity index (χ0) is 16.6. The fraction of sp³-hybridized carbons (Fsp3) is 0.812. The molecule has 1 aromatic rings. The zero-order valence-corrected chi connectivity index (χ0v) is 14.0. The fourth-order valence-electron chi connectivity index (χ4n) is 2.76. The lowest BCUT2D eigenvalue weighted by Crippen LogP contribution is -2.56. The van der Waals surface area contributed by atoms with E-state index in [1.807, 2.05) is 13.8 Å². The van der Waals surface area contributed by atoms with Crippen molar-refractivity contribution in [3.63, 3.8) is 0 Å². The van der Waals surface area contributed by atoms with Crippen LogP contribution in [0.4, 0.5) is 0 Å². The molecule has 23 heavy (non-hydrogen) atoms. The van der Waals surface area contributed by atoms with E-state index in [4.69, 9.17) is 9.15 Å². The summed E-state index contributed by atoms with van der Waals surface area (Å²) >= 11 is 0. The van der Waals surface area contributed by atoms with E-state index >= 15 is 0 Å². The first-order chi connectivity index (χ1) is 10.8. The molecule has 2 fully saturated rings. The number of carbonyl (C=O) groups excluding carboxylic acids is 1. The molecule has 0 radical (unpaired) electrons.